The van der Waals surface area contributed by atoms with E-state index in [2.05, 4.69) is 0 Å². The van der Waals surface area contributed by atoms with Crippen molar-refractivity contribution < 1.29 is 29.1 Å². The molecule has 1 aromatic rings. The molecule has 24 heavy (non-hydrogen) atoms. The molecule has 2 rings (SSSR count). The molecule has 1 aromatic carbocycles. The predicted molar refractivity (Wildman–Crippen MR) is 82.2 cm³/mol. The van der Waals surface area contributed by atoms with Crippen LogP contribution in [-0.2, 0) is 9.47 Å². The largest absolute Gasteiger partial charge is 0.478 e. The summed E-state index contributed by atoms with van der Waals surface area (Å²) in [6.45, 7) is 0.612. The highest BCUT2D eigenvalue weighted by atomic mass is 16.6. The molecule has 0 unspecified atom stereocenters. The number of benzene rings is 1. The smallest absolute Gasteiger partial charge is 0.335 e. The maximum Gasteiger partial charge on any atom is 0.335 e. The number of nitrogens with zero attached hydrogens (tertiary/aromatic N) is 2. The molecule has 0 spiro atoms. The molecule has 1 heterocycles. The summed E-state index contributed by atoms with van der Waals surface area (Å²) in [5, 5.41) is 20.1. The zero-order chi connectivity index (χ0) is 17.9. The minimum atomic E-state index is -1.34. The summed E-state index contributed by atoms with van der Waals surface area (Å²) in [5.41, 5.74) is -0.790. The molecule has 1 aliphatic heterocycles. The summed E-state index contributed by atoms with van der Waals surface area (Å²) >= 11 is 0. The van der Waals surface area contributed by atoms with Crippen LogP contribution in [0.5, 0.6) is 0 Å². The molecule has 0 aliphatic carbocycles. The van der Waals surface area contributed by atoms with E-state index in [9.17, 15) is 19.7 Å². The second-order valence-electron chi connectivity index (χ2n) is 5.49. The van der Waals surface area contributed by atoms with Crippen molar-refractivity contribution in [3.63, 3.8) is 0 Å². The van der Waals surface area contributed by atoms with Crippen molar-refractivity contribution in [2.24, 2.45) is 0 Å². The third-order valence-corrected chi connectivity index (χ3v) is 3.95. The molecule has 2 atom stereocenters. The minimum Gasteiger partial charge on any atom is -0.478 e. The molecule has 1 aliphatic rings. The first-order chi connectivity index (χ1) is 11.4. The number of nitro groups is 1. The fraction of sp³-hybridized carbons (Fsp3) is 0.467. The normalized spacial score (nSPS) is 20.2. The van der Waals surface area contributed by atoms with Gasteiger partial charge in [0.1, 0.15) is 0 Å². The van der Waals surface area contributed by atoms with Gasteiger partial charge in [0.25, 0.3) is 11.6 Å². The Bertz CT molecular complexity index is 629. The van der Waals surface area contributed by atoms with E-state index < -0.39 is 22.5 Å². The highest BCUT2D eigenvalue weighted by Gasteiger charge is 2.36. The number of aromatic carboxylic acids is 1. The Kier molecular flexibility index (Phi) is 5.47. The number of carbonyl (C=O) groups is 2. The summed E-state index contributed by atoms with van der Waals surface area (Å²) < 4.78 is 10.4. The summed E-state index contributed by atoms with van der Waals surface area (Å²) in [6.07, 6.45) is 0.420. The van der Waals surface area contributed by atoms with Gasteiger partial charge < -0.3 is 19.5 Å². The highest BCUT2D eigenvalue weighted by molar-refractivity contribution is 5.98. The fourth-order valence-corrected chi connectivity index (χ4v) is 2.77. The first-order valence-corrected chi connectivity index (χ1v) is 7.22. The van der Waals surface area contributed by atoms with Crippen LogP contribution in [0, 0.1) is 10.1 Å². The van der Waals surface area contributed by atoms with Crippen molar-refractivity contribution in [1.29, 1.82) is 0 Å². The third kappa shape index (κ3) is 3.69. The van der Waals surface area contributed by atoms with Gasteiger partial charge in [-0.25, -0.2) is 4.79 Å². The molecule has 0 saturated carbocycles. The van der Waals surface area contributed by atoms with Crippen molar-refractivity contribution in [3.05, 3.63) is 39.4 Å². The Balaban J connectivity index is 2.37. The maximum atomic E-state index is 12.7. The van der Waals surface area contributed by atoms with E-state index in [1.165, 1.54) is 12.0 Å². The van der Waals surface area contributed by atoms with Gasteiger partial charge in [0.05, 0.1) is 29.2 Å². The number of carbonyl (C=O) groups excluding carboxylic acids is 1. The monoisotopic (exact) mass is 338 g/mol. The van der Waals surface area contributed by atoms with E-state index in [0.29, 0.717) is 19.6 Å². The second kappa shape index (κ2) is 7.37. The van der Waals surface area contributed by atoms with Crippen LogP contribution in [0.2, 0.25) is 0 Å². The number of hydrogen-bond donors (Lipinski definition) is 1. The molecule has 9 nitrogen and oxygen atoms in total. The quantitative estimate of drug-likeness (QED) is 0.610. The van der Waals surface area contributed by atoms with Crippen LogP contribution < -0.4 is 0 Å². The average molecular weight is 338 g/mol. The van der Waals surface area contributed by atoms with Crippen molar-refractivity contribution in [2.45, 2.75) is 18.6 Å². The van der Waals surface area contributed by atoms with Crippen molar-refractivity contribution in [1.82, 2.24) is 4.90 Å². The lowest BCUT2D eigenvalue weighted by atomic mass is 10.1. The Morgan fingerprint density at radius 3 is 2.54 bits per heavy atom. The van der Waals surface area contributed by atoms with Crippen LogP contribution in [0.4, 0.5) is 5.69 Å². The Morgan fingerprint density at radius 1 is 1.33 bits per heavy atom. The molecule has 1 amide bonds. The SMILES string of the molecule is COC[C@@H]1C[C@H](OC)CN1C(=O)c1cc(C(=O)O)cc([N+](=O)[O-])c1. The summed E-state index contributed by atoms with van der Waals surface area (Å²) in [7, 11) is 3.05. The van der Waals surface area contributed by atoms with E-state index in [-0.39, 0.29) is 23.3 Å². The Labute approximate surface area is 137 Å². The topological polar surface area (TPSA) is 119 Å². The van der Waals surface area contributed by atoms with E-state index in [1.807, 2.05) is 0 Å². The van der Waals surface area contributed by atoms with Crippen LogP contribution in [0.3, 0.4) is 0 Å². The van der Waals surface area contributed by atoms with Gasteiger partial charge in [0, 0.05) is 38.5 Å². The number of likely N-dealkylation sites (tertiary alicyclic amines) is 1. The van der Waals surface area contributed by atoms with Gasteiger partial charge in [-0.2, -0.15) is 0 Å². The van der Waals surface area contributed by atoms with Crippen molar-refractivity contribution in [3.8, 4) is 0 Å². The second-order valence-corrected chi connectivity index (χ2v) is 5.49. The van der Waals surface area contributed by atoms with E-state index in [4.69, 9.17) is 14.6 Å². The number of nitro benzene ring substituents is 1. The summed E-state index contributed by atoms with van der Waals surface area (Å²) in [4.78, 5) is 35.7. The van der Waals surface area contributed by atoms with Gasteiger partial charge in [-0.05, 0) is 12.5 Å². The predicted octanol–water partition coefficient (Wildman–Crippen LogP) is 1.17. The number of rotatable bonds is 6. The number of amides is 1. The van der Waals surface area contributed by atoms with Crippen molar-refractivity contribution >= 4 is 17.6 Å². The first kappa shape index (κ1) is 17.8. The molecule has 9 heteroatoms. The summed E-state index contributed by atoms with van der Waals surface area (Å²) in [5.74, 6) is -1.82. The Hall–Kier alpha value is -2.52. The van der Waals surface area contributed by atoms with E-state index in [0.717, 1.165) is 18.2 Å². The molecule has 1 saturated heterocycles. The fourth-order valence-electron chi connectivity index (χ4n) is 2.77. The van der Waals surface area contributed by atoms with Crippen LogP contribution in [0.25, 0.3) is 0 Å². The molecule has 130 valence electrons. The first-order valence-electron chi connectivity index (χ1n) is 7.22. The average Bonchev–Trinajstić information content (AvgIpc) is 2.97. The minimum absolute atomic E-state index is 0.0422. The van der Waals surface area contributed by atoms with Gasteiger partial charge in [0.15, 0.2) is 0 Å². The number of methoxy groups -OCH3 is 2. The highest BCUT2D eigenvalue weighted by Crippen LogP contribution is 2.25. The standard InChI is InChI=1S/C15H18N2O7/c1-23-8-12-6-13(24-2)7-16(12)14(18)9-3-10(15(19)20)5-11(4-9)17(21)22/h3-5,12-13H,6-8H2,1-2H3,(H,19,20)/t12-,13-/m0/s1. The van der Waals surface area contributed by atoms with Gasteiger partial charge in [0.2, 0.25) is 0 Å². The molecule has 1 fully saturated rings. The van der Waals surface area contributed by atoms with E-state index in [1.54, 1.807) is 7.11 Å². The number of non-ortho nitro benzene ring substituents is 1. The molecular weight excluding hydrogens is 320 g/mol. The van der Waals surface area contributed by atoms with Crippen LogP contribution in [0.15, 0.2) is 18.2 Å². The van der Waals surface area contributed by atoms with Crippen LogP contribution >= 0.6 is 0 Å². The third-order valence-electron chi connectivity index (χ3n) is 3.95. The molecule has 0 radical (unpaired) electrons. The lowest BCUT2D eigenvalue weighted by molar-refractivity contribution is -0.384. The lowest BCUT2D eigenvalue weighted by Gasteiger charge is -2.24. The van der Waals surface area contributed by atoms with Gasteiger partial charge in [-0.15, -0.1) is 0 Å². The zero-order valence-corrected chi connectivity index (χ0v) is 13.3. The maximum absolute atomic E-state index is 12.7. The lowest BCUT2D eigenvalue weighted by Crippen LogP contribution is -2.38. The number of hydrogen-bond acceptors (Lipinski definition) is 6. The molecular formula is C15H18N2O7. The molecule has 0 aromatic heterocycles. The van der Waals surface area contributed by atoms with Crippen molar-refractivity contribution in [2.75, 3.05) is 27.4 Å². The molecule has 0 bridgehead atoms. The number of carboxylic acid groups (broad SMARTS) is 1. The van der Waals surface area contributed by atoms with Crippen LogP contribution in [0.1, 0.15) is 27.1 Å². The van der Waals surface area contributed by atoms with Gasteiger partial charge in [-0.3, -0.25) is 14.9 Å². The van der Waals surface area contributed by atoms with Gasteiger partial charge in [-0.1, -0.05) is 0 Å². The van der Waals surface area contributed by atoms with Crippen LogP contribution in [-0.4, -0.2) is 66.3 Å². The molecule has 1 N–H and O–H groups in total. The number of carboxylic acids is 1. The summed E-state index contributed by atoms with van der Waals surface area (Å²) in [6, 6.07) is 2.91. The Morgan fingerprint density at radius 2 is 2.00 bits per heavy atom. The zero-order valence-electron chi connectivity index (χ0n) is 13.3. The van der Waals surface area contributed by atoms with E-state index >= 15 is 0 Å². The van der Waals surface area contributed by atoms with Gasteiger partial charge >= 0.3 is 5.97 Å². The number of ether oxygens (including phenoxy) is 2.